The molecule has 18 heavy (non-hydrogen) atoms. The molecule has 0 radical (unpaired) electrons. The van der Waals surface area contributed by atoms with Crippen molar-refractivity contribution in [3.8, 4) is 0 Å². The van der Waals surface area contributed by atoms with Gasteiger partial charge in [-0.2, -0.15) is 0 Å². The van der Waals surface area contributed by atoms with Crippen LogP contribution < -0.4 is 0 Å². The average Bonchev–Trinajstić information content (AvgIpc) is 2.63. The summed E-state index contributed by atoms with van der Waals surface area (Å²) >= 11 is 0. The summed E-state index contributed by atoms with van der Waals surface area (Å²) in [7, 11) is 0. The smallest absolute Gasteiger partial charge is 0.310 e. The molecule has 0 amide bonds. The van der Waals surface area contributed by atoms with Gasteiger partial charge in [0.2, 0.25) is 0 Å². The Balaban J connectivity index is 2.49. The molecule has 0 bridgehead atoms. The van der Waals surface area contributed by atoms with Crippen molar-refractivity contribution in [2.45, 2.75) is 33.7 Å². The third-order valence-corrected chi connectivity index (χ3v) is 3.30. The van der Waals surface area contributed by atoms with E-state index in [0.29, 0.717) is 13.0 Å². The van der Waals surface area contributed by atoms with E-state index in [1.54, 1.807) is 0 Å². The van der Waals surface area contributed by atoms with E-state index in [2.05, 4.69) is 30.5 Å². The fraction of sp³-hybridized carbons (Fsp3) is 0.400. The maximum atomic E-state index is 11.7. The van der Waals surface area contributed by atoms with E-state index in [1.165, 1.54) is 5.52 Å². The van der Waals surface area contributed by atoms with Gasteiger partial charge in [-0.3, -0.25) is 4.79 Å². The Bertz CT molecular complexity index is 569. The molecule has 2 aromatic rings. The Hall–Kier alpha value is -1.77. The van der Waals surface area contributed by atoms with Crippen molar-refractivity contribution in [1.82, 2.24) is 4.57 Å². The van der Waals surface area contributed by atoms with Crippen LogP contribution in [0.3, 0.4) is 0 Å². The van der Waals surface area contributed by atoms with Crippen LogP contribution in [0.15, 0.2) is 24.3 Å². The van der Waals surface area contributed by atoms with Gasteiger partial charge in [0.25, 0.3) is 0 Å². The van der Waals surface area contributed by atoms with Gasteiger partial charge in [-0.1, -0.05) is 18.2 Å². The van der Waals surface area contributed by atoms with Crippen LogP contribution in [-0.2, 0) is 22.5 Å². The first-order valence-electron chi connectivity index (χ1n) is 6.41. The number of aryl methyl sites for hydroxylation is 1. The summed E-state index contributed by atoms with van der Waals surface area (Å²) in [6, 6.07) is 8.21. The van der Waals surface area contributed by atoms with Gasteiger partial charge >= 0.3 is 5.97 Å². The molecule has 1 heterocycles. The van der Waals surface area contributed by atoms with Gasteiger partial charge in [0.1, 0.15) is 0 Å². The van der Waals surface area contributed by atoms with Crippen molar-refractivity contribution >= 4 is 16.9 Å². The fourth-order valence-electron chi connectivity index (χ4n) is 2.49. The highest BCUT2D eigenvalue weighted by Gasteiger charge is 2.15. The summed E-state index contributed by atoms with van der Waals surface area (Å²) in [5, 5.41) is 1.16. The van der Waals surface area contributed by atoms with Crippen molar-refractivity contribution in [2.24, 2.45) is 0 Å². The monoisotopic (exact) mass is 245 g/mol. The van der Waals surface area contributed by atoms with Crippen LogP contribution in [0.2, 0.25) is 0 Å². The second-order valence-corrected chi connectivity index (χ2v) is 4.31. The predicted molar refractivity (Wildman–Crippen MR) is 72.7 cm³/mol. The lowest BCUT2D eigenvalue weighted by atomic mass is 10.1. The third kappa shape index (κ3) is 2.13. The van der Waals surface area contributed by atoms with Crippen LogP contribution >= 0.6 is 0 Å². The molecule has 0 atom stereocenters. The number of para-hydroxylation sites is 1. The third-order valence-electron chi connectivity index (χ3n) is 3.30. The number of fused-ring (bicyclic) bond motifs is 1. The van der Waals surface area contributed by atoms with Crippen LogP contribution in [0, 0.1) is 6.92 Å². The number of esters is 1. The minimum Gasteiger partial charge on any atom is -0.466 e. The summed E-state index contributed by atoms with van der Waals surface area (Å²) in [6.07, 6.45) is 0.354. The van der Waals surface area contributed by atoms with Crippen molar-refractivity contribution in [3.63, 3.8) is 0 Å². The summed E-state index contributed by atoms with van der Waals surface area (Å²) in [6.45, 7) is 7.37. The Morgan fingerprint density at radius 1 is 1.28 bits per heavy atom. The Kier molecular flexibility index (Phi) is 3.70. The highest BCUT2D eigenvalue weighted by molar-refractivity contribution is 5.89. The normalized spacial score (nSPS) is 10.8. The van der Waals surface area contributed by atoms with E-state index in [-0.39, 0.29) is 5.97 Å². The number of hydrogen-bond acceptors (Lipinski definition) is 2. The van der Waals surface area contributed by atoms with E-state index in [1.807, 2.05) is 19.1 Å². The standard InChI is InChI=1S/C15H19NO2/c1-4-16-11(3)13(10-15(17)18-5-2)12-8-6-7-9-14(12)16/h6-9H,4-5,10H2,1-3H3. The molecule has 3 heteroatoms. The number of aromatic nitrogens is 1. The SMILES string of the molecule is CCOC(=O)Cc1c(C)n(CC)c2ccccc12. The molecule has 0 aliphatic heterocycles. The minimum atomic E-state index is -0.153. The van der Waals surface area contributed by atoms with E-state index in [4.69, 9.17) is 4.74 Å². The van der Waals surface area contributed by atoms with Gasteiger partial charge < -0.3 is 9.30 Å². The quantitative estimate of drug-likeness (QED) is 0.775. The van der Waals surface area contributed by atoms with Gasteiger partial charge in [-0.25, -0.2) is 0 Å². The van der Waals surface area contributed by atoms with Crippen LogP contribution in [-0.4, -0.2) is 17.1 Å². The second kappa shape index (κ2) is 5.25. The number of carbonyl (C=O) groups is 1. The molecular formula is C15H19NO2. The summed E-state index contributed by atoms with van der Waals surface area (Å²) in [4.78, 5) is 11.7. The number of nitrogens with zero attached hydrogens (tertiary/aromatic N) is 1. The molecule has 1 aromatic heterocycles. The zero-order valence-corrected chi connectivity index (χ0v) is 11.2. The zero-order valence-electron chi connectivity index (χ0n) is 11.2. The van der Waals surface area contributed by atoms with Crippen molar-refractivity contribution in [2.75, 3.05) is 6.61 Å². The first kappa shape index (κ1) is 12.7. The van der Waals surface area contributed by atoms with Crippen molar-refractivity contribution in [3.05, 3.63) is 35.5 Å². The molecule has 0 fully saturated rings. The summed E-state index contributed by atoms with van der Waals surface area (Å²) in [5.41, 5.74) is 3.44. The number of rotatable bonds is 4. The Morgan fingerprint density at radius 2 is 2.00 bits per heavy atom. The van der Waals surface area contributed by atoms with Gasteiger partial charge in [0.15, 0.2) is 0 Å². The van der Waals surface area contributed by atoms with Gasteiger partial charge in [0, 0.05) is 23.1 Å². The summed E-state index contributed by atoms with van der Waals surface area (Å²) in [5.74, 6) is -0.153. The predicted octanol–water partition coefficient (Wildman–Crippen LogP) is 3.08. The van der Waals surface area contributed by atoms with Gasteiger partial charge in [-0.15, -0.1) is 0 Å². The largest absolute Gasteiger partial charge is 0.466 e. The molecule has 0 N–H and O–H groups in total. The molecule has 3 nitrogen and oxygen atoms in total. The van der Waals surface area contributed by atoms with E-state index in [9.17, 15) is 4.79 Å². The molecule has 1 aromatic carbocycles. The molecule has 0 spiro atoms. The first-order chi connectivity index (χ1) is 8.69. The van der Waals surface area contributed by atoms with Gasteiger partial charge in [-0.05, 0) is 32.4 Å². The lowest BCUT2D eigenvalue weighted by Gasteiger charge is -2.05. The lowest BCUT2D eigenvalue weighted by molar-refractivity contribution is -0.142. The lowest BCUT2D eigenvalue weighted by Crippen LogP contribution is -2.08. The highest BCUT2D eigenvalue weighted by Crippen LogP contribution is 2.26. The van der Waals surface area contributed by atoms with Crippen LogP contribution in [0.5, 0.6) is 0 Å². The molecule has 2 rings (SSSR count). The summed E-state index contributed by atoms with van der Waals surface area (Å²) < 4.78 is 7.28. The average molecular weight is 245 g/mol. The zero-order chi connectivity index (χ0) is 13.1. The molecule has 0 aliphatic carbocycles. The minimum absolute atomic E-state index is 0.153. The fourth-order valence-corrected chi connectivity index (χ4v) is 2.49. The van der Waals surface area contributed by atoms with E-state index >= 15 is 0 Å². The number of hydrogen-bond donors (Lipinski definition) is 0. The molecule has 0 saturated heterocycles. The molecular weight excluding hydrogens is 226 g/mol. The van der Waals surface area contributed by atoms with E-state index in [0.717, 1.165) is 23.2 Å². The molecule has 0 aliphatic rings. The number of benzene rings is 1. The Morgan fingerprint density at radius 3 is 2.67 bits per heavy atom. The number of ether oxygens (including phenoxy) is 1. The van der Waals surface area contributed by atoms with Gasteiger partial charge in [0.05, 0.1) is 13.0 Å². The van der Waals surface area contributed by atoms with Crippen molar-refractivity contribution in [1.29, 1.82) is 0 Å². The first-order valence-corrected chi connectivity index (χ1v) is 6.41. The van der Waals surface area contributed by atoms with E-state index < -0.39 is 0 Å². The molecule has 96 valence electrons. The molecule has 0 saturated carbocycles. The second-order valence-electron chi connectivity index (χ2n) is 4.31. The van der Waals surface area contributed by atoms with Crippen LogP contribution in [0.4, 0.5) is 0 Å². The molecule has 0 unspecified atom stereocenters. The Labute approximate surface area is 107 Å². The maximum Gasteiger partial charge on any atom is 0.310 e. The maximum absolute atomic E-state index is 11.7. The number of carbonyl (C=O) groups excluding carboxylic acids is 1. The van der Waals surface area contributed by atoms with Crippen LogP contribution in [0.25, 0.3) is 10.9 Å². The highest BCUT2D eigenvalue weighted by atomic mass is 16.5. The topological polar surface area (TPSA) is 31.2 Å². The van der Waals surface area contributed by atoms with Crippen LogP contribution in [0.1, 0.15) is 25.1 Å². The van der Waals surface area contributed by atoms with Crippen molar-refractivity contribution < 1.29 is 9.53 Å².